The molecular weight excluding hydrogens is 482 g/mol. The van der Waals surface area contributed by atoms with Crippen LogP contribution >= 0.6 is 0 Å². The molecule has 8 heteroatoms. The number of hydrogen-bond acceptors (Lipinski definition) is 7. The average Bonchev–Trinajstić information content (AvgIpc) is 3.37. The SMILES string of the molecule is CCNC(=O)c1noc(-c2cc(-c3ccccc3)c(O)cc2O)c1-c1ccc(CN(CC)CCOC)cc1. The smallest absolute Gasteiger partial charge is 0.274 e. The molecular formula is C30H33N3O5. The summed E-state index contributed by atoms with van der Waals surface area (Å²) in [6, 6.07) is 20.1. The van der Waals surface area contributed by atoms with Crippen molar-refractivity contribution in [1.29, 1.82) is 0 Å². The number of aromatic hydroxyl groups is 2. The molecule has 198 valence electrons. The van der Waals surface area contributed by atoms with Gasteiger partial charge in [-0.2, -0.15) is 0 Å². The van der Waals surface area contributed by atoms with Crippen LogP contribution in [0.25, 0.3) is 33.6 Å². The third-order valence-electron chi connectivity index (χ3n) is 6.40. The third kappa shape index (κ3) is 5.88. The quantitative estimate of drug-likeness (QED) is 0.249. The van der Waals surface area contributed by atoms with Gasteiger partial charge in [-0.05, 0) is 36.2 Å². The van der Waals surface area contributed by atoms with Gasteiger partial charge in [-0.3, -0.25) is 9.69 Å². The minimum atomic E-state index is -0.375. The molecule has 0 aliphatic heterocycles. The fourth-order valence-corrected chi connectivity index (χ4v) is 4.35. The number of phenolic OH excluding ortho intramolecular Hbond substituents is 2. The molecule has 4 rings (SSSR count). The molecule has 0 radical (unpaired) electrons. The second kappa shape index (κ2) is 12.4. The van der Waals surface area contributed by atoms with E-state index in [1.807, 2.05) is 61.5 Å². The van der Waals surface area contributed by atoms with Crippen LogP contribution in [-0.4, -0.2) is 59.5 Å². The summed E-state index contributed by atoms with van der Waals surface area (Å²) < 4.78 is 10.9. The van der Waals surface area contributed by atoms with Crippen molar-refractivity contribution >= 4 is 5.91 Å². The second-order valence-corrected chi connectivity index (χ2v) is 8.91. The topological polar surface area (TPSA) is 108 Å². The van der Waals surface area contributed by atoms with E-state index in [1.165, 1.54) is 6.07 Å². The molecule has 0 unspecified atom stereocenters. The molecule has 0 aliphatic rings. The summed E-state index contributed by atoms with van der Waals surface area (Å²) in [5, 5.41) is 28.2. The fourth-order valence-electron chi connectivity index (χ4n) is 4.35. The van der Waals surface area contributed by atoms with Gasteiger partial charge in [0.2, 0.25) is 0 Å². The summed E-state index contributed by atoms with van der Waals surface area (Å²) in [6.07, 6.45) is 0. The summed E-state index contributed by atoms with van der Waals surface area (Å²) in [5.74, 6) is -0.389. The van der Waals surface area contributed by atoms with Gasteiger partial charge >= 0.3 is 0 Å². The van der Waals surface area contributed by atoms with Crippen LogP contribution in [0.3, 0.4) is 0 Å². The Balaban J connectivity index is 1.78. The number of carbonyl (C=O) groups is 1. The summed E-state index contributed by atoms with van der Waals surface area (Å²) in [7, 11) is 1.69. The molecule has 0 spiro atoms. The Bertz CT molecular complexity index is 1370. The molecule has 0 fully saturated rings. The number of rotatable bonds is 11. The van der Waals surface area contributed by atoms with Crippen LogP contribution in [0.4, 0.5) is 0 Å². The van der Waals surface area contributed by atoms with Crippen LogP contribution in [0.2, 0.25) is 0 Å². The first kappa shape index (κ1) is 26.9. The Kier molecular flexibility index (Phi) is 8.78. The van der Waals surface area contributed by atoms with E-state index in [2.05, 4.69) is 22.3 Å². The summed E-state index contributed by atoms with van der Waals surface area (Å²) in [4.78, 5) is 15.2. The Labute approximate surface area is 222 Å². The van der Waals surface area contributed by atoms with Crippen LogP contribution in [0.15, 0.2) is 71.3 Å². The molecule has 38 heavy (non-hydrogen) atoms. The highest BCUT2D eigenvalue weighted by atomic mass is 16.5. The molecule has 0 aliphatic carbocycles. The molecule has 0 saturated heterocycles. The van der Waals surface area contributed by atoms with Gasteiger partial charge in [-0.1, -0.05) is 66.7 Å². The highest BCUT2D eigenvalue weighted by Crippen LogP contribution is 2.44. The number of ether oxygens (including phenoxy) is 1. The van der Waals surface area contributed by atoms with E-state index in [-0.39, 0.29) is 28.9 Å². The largest absolute Gasteiger partial charge is 0.507 e. The Morgan fingerprint density at radius 1 is 0.974 bits per heavy atom. The van der Waals surface area contributed by atoms with E-state index in [0.29, 0.717) is 29.8 Å². The Hall–Kier alpha value is -4.14. The predicted octanol–water partition coefficient (Wildman–Crippen LogP) is 5.30. The van der Waals surface area contributed by atoms with Crippen LogP contribution in [0.1, 0.15) is 29.9 Å². The minimum Gasteiger partial charge on any atom is -0.507 e. The van der Waals surface area contributed by atoms with Gasteiger partial charge in [-0.25, -0.2) is 0 Å². The van der Waals surface area contributed by atoms with Gasteiger partial charge < -0.3 is 24.8 Å². The van der Waals surface area contributed by atoms with E-state index < -0.39 is 0 Å². The van der Waals surface area contributed by atoms with Crippen LogP contribution in [0, 0.1) is 0 Å². The standard InChI is InChI=1S/C30H33N3O5/c1-4-31-30(36)28-27(22-13-11-20(12-14-22)19-33(5-2)15-16-37-3)29(38-32-28)24-17-23(25(34)18-26(24)35)21-9-7-6-8-10-21/h6-14,17-18,34-35H,4-5,15-16,19H2,1-3H3,(H,31,36). The number of likely N-dealkylation sites (N-methyl/N-ethyl adjacent to an activating group) is 1. The molecule has 0 bridgehead atoms. The van der Waals surface area contributed by atoms with E-state index in [9.17, 15) is 15.0 Å². The van der Waals surface area contributed by atoms with E-state index in [1.54, 1.807) is 13.2 Å². The van der Waals surface area contributed by atoms with Crippen LogP contribution in [0.5, 0.6) is 11.5 Å². The lowest BCUT2D eigenvalue weighted by molar-refractivity contribution is 0.0947. The van der Waals surface area contributed by atoms with Crippen molar-refractivity contribution in [3.63, 3.8) is 0 Å². The molecule has 1 heterocycles. The molecule has 1 amide bonds. The molecule has 3 aromatic carbocycles. The maximum atomic E-state index is 12.9. The average molecular weight is 516 g/mol. The van der Waals surface area contributed by atoms with Crippen molar-refractivity contribution in [2.75, 3.05) is 33.4 Å². The highest BCUT2D eigenvalue weighted by molar-refractivity contribution is 6.03. The number of methoxy groups -OCH3 is 1. The zero-order valence-corrected chi connectivity index (χ0v) is 21.9. The number of carbonyl (C=O) groups excluding carboxylic acids is 1. The second-order valence-electron chi connectivity index (χ2n) is 8.91. The minimum absolute atomic E-state index is 0.0687. The van der Waals surface area contributed by atoms with Crippen molar-refractivity contribution in [3.05, 3.63) is 78.0 Å². The van der Waals surface area contributed by atoms with Gasteiger partial charge in [0.1, 0.15) is 11.5 Å². The van der Waals surface area contributed by atoms with Crippen molar-refractivity contribution in [2.45, 2.75) is 20.4 Å². The zero-order valence-electron chi connectivity index (χ0n) is 21.9. The van der Waals surface area contributed by atoms with E-state index >= 15 is 0 Å². The summed E-state index contributed by atoms with van der Waals surface area (Å²) in [5.41, 5.74) is 4.04. The van der Waals surface area contributed by atoms with Crippen molar-refractivity contribution in [2.24, 2.45) is 0 Å². The summed E-state index contributed by atoms with van der Waals surface area (Å²) in [6.45, 7) is 7.51. The van der Waals surface area contributed by atoms with Gasteiger partial charge in [0, 0.05) is 38.4 Å². The normalized spacial score (nSPS) is 11.2. The van der Waals surface area contributed by atoms with Crippen molar-refractivity contribution in [1.82, 2.24) is 15.4 Å². The van der Waals surface area contributed by atoms with Crippen molar-refractivity contribution < 1.29 is 24.3 Å². The first-order valence-corrected chi connectivity index (χ1v) is 12.7. The number of nitrogens with one attached hydrogen (secondary N) is 1. The van der Waals surface area contributed by atoms with E-state index in [4.69, 9.17) is 9.26 Å². The monoisotopic (exact) mass is 515 g/mol. The van der Waals surface area contributed by atoms with Gasteiger partial charge in [-0.15, -0.1) is 0 Å². The molecule has 1 aromatic heterocycles. The van der Waals surface area contributed by atoms with Crippen LogP contribution in [-0.2, 0) is 11.3 Å². The number of amides is 1. The third-order valence-corrected chi connectivity index (χ3v) is 6.40. The number of nitrogens with zero attached hydrogens (tertiary/aromatic N) is 2. The highest BCUT2D eigenvalue weighted by Gasteiger charge is 2.27. The molecule has 4 aromatic rings. The first-order valence-electron chi connectivity index (χ1n) is 12.7. The molecule has 0 atom stereocenters. The zero-order chi connectivity index (χ0) is 27.1. The van der Waals surface area contributed by atoms with E-state index in [0.717, 1.165) is 36.3 Å². The number of hydrogen-bond donors (Lipinski definition) is 3. The number of aromatic nitrogens is 1. The number of benzene rings is 3. The Morgan fingerprint density at radius 3 is 2.34 bits per heavy atom. The lowest BCUT2D eigenvalue weighted by Gasteiger charge is -2.20. The maximum Gasteiger partial charge on any atom is 0.274 e. The van der Waals surface area contributed by atoms with Crippen LogP contribution < -0.4 is 5.32 Å². The molecule has 3 N–H and O–H groups in total. The Morgan fingerprint density at radius 2 is 1.68 bits per heavy atom. The van der Waals surface area contributed by atoms with Crippen molar-refractivity contribution in [3.8, 4) is 45.1 Å². The first-order chi connectivity index (χ1) is 18.5. The molecule has 8 nitrogen and oxygen atoms in total. The lowest BCUT2D eigenvalue weighted by Crippen LogP contribution is -2.26. The predicted molar refractivity (Wildman–Crippen MR) is 147 cm³/mol. The molecule has 0 saturated carbocycles. The number of phenols is 2. The summed E-state index contributed by atoms with van der Waals surface area (Å²) >= 11 is 0. The van der Waals surface area contributed by atoms with Gasteiger partial charge in [0.15, 0.2) is 11.5 Å². The maximum absolute atomic E-state index is 12.9. The van der Waals surface area contributed by atoms with Gasteiger partial charge in [0.05, 0.1) is 17.7 Å². The fraction of sp³-hybridized carbons (Fsp3) is 0.267. The lowest BCUT2D eigenvalue weighted by atomic mass is 9.95. The van der Waals surface area contributed by atoms with Gasteiger partial charge in [0.25, 0.3) is 5.91 Å².